The van der Waals surface area contributed by atoms with E-state index >= 15 is 0 Å². The molecule has 0 spiro atoms. The Labute approximate surface area is 139 Å². The number of carboxylic acids is 1. The number of aliphatic carboxylic acids is 1. The number of thiophene rings is 1. The number of anilines is 1. The molecule has 1 aliphatic carbocycles. The summed E-state index contributed by atoms with van der Waals surface area (Å²) in [7, 11) is -3.62. The van der Waals surface area contributed by atoms with Crippen molar-refractivity contribution in [2.75, 3.05) is 4.72 Å². The molecule has 2 N–H and O–H groups in total. The van der Waals surface area contributed by atoms with Crippen LogP contribution in [0.2, 0.25) is 0 Å². The monoisotopic (exact) mass is 351 g/mol. The minimum atomic E-state index is -3.62. The van der Waals surface area contributed by atoms with Crippen molar-refractivity contribution < 1.29 is 18.3 Å². The molecule has 1 aromatic heterocycles. The van der Waals surface area contributed by atoms with Crippen molar-refractivity contribution in [1.29, 1.82) is 0 Å². The largest absolute Gasteiger partial charge is 0.481 e. The van der Waals surface area contributed by atoms with Crippen molar-refractivity contribution in [3.05, 3.63) is 46.3 Å². The molecular weight excluding hydrogens is 334 g/mol. The Bertz CT molecular complexity index is 862. The summed E-state index contributed by atoms with van der Waals surface area (Å²) in [6.45, 7) is 3.64. The molecule has 0 aliphatic heterocycles. The minimum absolute atomic E-state index is 0.309. The number of carboxylic acid groups (broad SMARTS) is 1. The van der Waals surface area contributed by atoms with Crippen molar-refractivity contribution in [1.82, 2.24) is 0 Å². The van der Waals surface area contributed by atoms with Gasteiger partial charge in [-0.3, -0.25) is 9.52 Å². The second-order valence-corrected chi connectivity index (χ2v) is 9.03. The van der Waals surface area contributed by atoms with Crippen molar-refractivity contribution >= 4 is 33.0 Å². The van der Waals surface area contributed by atoms with Crippen molar-refractivity contribution in [3.63, 3.8) is 0 Å². The number of carbonyl (C=O) groups is 1. The summed E-state index contributed by atoms with van der Waals surface area (Å²) >= 11 is 1.23. The molecule has 1 fully saturated rings. The number of hydrogen-bond acceptors (Lipinski definition) is 4. The van der Waals surface area contributed by atoms with Crippen molar-refractivity contribution in [3.8, 4) is 0 Å². The maximum atomic E-state index is 12.4. The average Bonchev–Trinajstić information content (AvgIpc) is 3.20. The Morgan fingerprint density at radius 1 is 1.22 bits per heavy atom. The Morgan fingerprint density at radius 3 is 2.26 bits per heavy atom. The number of rotatable bonds is 5. The van der Waals surface area contributed by atoms with E-state index in [9.17, 15) is 18.3 Å². The van der Waals surface area contributed by atoms with Gasteiger partial charge in [0.25, 0.3) is 10.0 Å². The summed E-state index contributed by atoms with van der Waals surface area (Å²) in [4.78, 5) is 12.3. The Hall–Kier alpha value is -1.86. The van der Waals surface area contributed by atoms with Gasteiger partial charge < -0.3 is 5.11 Å². The van der Waals surface area contributed by atoms with Crippen LogP contribution in [-0.4, -0.2) is 19.5 Å². The number of aryl methyl sites for hydroxylation is 2. The van der Waals surface area contributed by atoms with Crippen LogP contribution in [0.1, 0.15) is 28.8 Å². The fraction of sp³-hybridized carbons (Fsp3) is 0.312. The third kappa shape index (κ3) is 2.86. The molecule has 0 radical (unpaired) electrons. The summed E-state index contributed by atoms with van der Waals surface area (Å²) in [5.41, 5.74) is 1.09. The molecule has 7 heteroatoms. The molecule has 3 rings (SSSR count). The summed E-state index contributed by atoms with van der Waals surface area (Å²) in [6.07, 6.45) is 1.25. The molecule has 1 heterocycles. The smallest absolute Gasteiger partial charge is 0.314 e. The molecule has 122 valence electrons. The van der Waals surface area contributed by atoms with Gasteiger partial charge in [0.1, 0.15) is 4.21 Å². The quantitative estimate of drug-likeness (QED) is 0.866. The molecule has 1 saturated carbocycles. The zero-order valence-electron chi connectivity index (χ0n) is 12.8. The van der Waals surface area contributed by atoms with E-state index < -0.39 is 21.4 Å². The van der Waals surface area contributed by atoms with E-state index in [-0.39, 0.29) is 0 Å². The van der Waals surface area contributed by atoms with Gasteiger partial charge in [0, 0.05) is 10.6 Å². The first-order valence-electron chi connectivity index (χ1n) is 7.18. The Balaban J connectivity index is 1.84. The molecule has 1 aliphatic rings. The van der Waals surface area contributed by atoms with Gasteiger partial charge in [-0.05, 0) is 56.0 Å². The zero-order chi connectivity index (χ0) is 16.8. The molecule has 0 saturated heterocycles. The van der Waals surface area contributed by atoms with E-state index in [1.54, 1.807) is 31.2 Å². The topological polar surface area (TPSA) is 83.5 Å². The SMILES string of the molecule is Cc1cc(C)c(S(=O)(=O)Nc2ccc(C3(C(=O)O)CC3)cc2)s1. The molecule has 0 atom stereocenters. The standard InChI is InChI=1S/C16H17NO4S2/c1-10-9-11(2)22-14(10)23(20,21)17-13-5-3-12(4-6-13)16(7-8-16)15(18)19/h3-6,9,17H,7-8H2,1-2H3,(H,18,19). The first kappa shape index (κ1) is 16.0. The average molecular weight is 351 g/mol. The molecular formula is C16H17NO4S2. The van der Waals surface area contributed by atoms with Crippen LogP contribution < -0.4 is 4.72 Å². The Kier molecular flexibility index (Phi) is 3.72. The van der Waals surface area contributed by atoms with Crippen molar-refractivity contribution in [2.24, 2.45) is 0 Å². The highest BCUT2D eigenvalue weighted by molar-refractivity contribution is 7.94. The molecule has 0 amide bonds. The van der Waals surface area contributed by atoms with Crippen molar-refractivity contribution in [2.45, 2.75) is 36.3 Å². The van der Waals surface area contributed by atoms with Crippen LogP contribution in [0.15, 0.2) is 34.5 Å². The second-order valence-electron chi connectivity index (χ2n) is 5.90. The van der Waals surface area contributed by atoms with Crippen LogP contribution >= 0.6 is 11.3 Å². The third-order valence-corrected chi connectivity index (χ3v) is 7.26. The lowest BCUT2D eigenvalue weighted by molar-refractivity contribution is -0.140. The first-order valence-corrected chi connectivity index (χ1v) is 9.48. The number of benzene rings is 1. The number of hydrogen-bond donors (Lipinski definition) is 2. The van der Waals surface area contributed by atoms with Crippen LogP contribution in [0.4, 0.5) is 5.69 Å². The normalized spacial score (nSPS) is 16.1. The molecule has 0 bridgehead atoms. The summed E-state index contributed by atoms with van der Waals surface area (Å²) in [5, 5.41) is 9.28. The molecule has 5 nitrogen and oxygen atoms in total. The zero-order valence-corrected chi connectivity index (χ0v) is 14.4. The van der Waals surface area contributed by atoms with E-state index in [2.05, 4.69) is 4.72 Å². The van der Waals surface area contributed by atoms with E-state index in [4.69, 9.17) is 0 Å². The number of sulfonamides is 1. The van der Waals surface area contributed by atoms with Gasteiger partial charge in [0.05, 0.1) is 5.41 Å². The fourth-order valence-corrected chi connectivity index (χ4v) is 5.42. The molecule has 23 heavy (non-hydrogen) atoms. The van der Waals surface area contributed by atoms with Gasteiger partial charge in [0.15, 0.2) is 0 Å². The maximum absolute atomic E-state index is 12.4. The van der Waals surface area contributed by atoms with Crippen LogP contribution in [0.5, 0.6) is 0 Å². The first-order chi connectivity index (χ1) is 10.7. The predicted octanol–water partition coefficient (Wildman–Crippen LogP) is 3.28. The third-order valence-electron chi connectivity index (χ3n) is 4.09. The highest BCUT2D eigenvalue weighted by Gasteiger charge is 2.51. The lowest BCUT2D eigenvalue weighted by atomic mass is 9.96. The van der Waals surface area contributed by atoms with Crippen LogP contribution in [0.3, 0.4) is 0 Å². The van der Waals surface area contributed by atoms with E-state index in [0.29, 0.717) is 22.7 Å². The van der Waals surface area contributed by atoms with E-state index in [1.807, 2.05) is 13.0 Å². The predicted molar refractivity (Wildman–Crippen MR) is 89.6 cm³/mol. The molecule has 0 unspecified atom stereocenters. The van der Waals surface area contributed by atoms with Crippen LogP contribution in [-0.2, 0) is 20.2 Å². The van der Waals surface area contributed by atoms with E-state index in [1.165, 1.54) is 11.3 Å². The van der Waals surface area contributed by atoms with Gasteiger partial charge >= 0.3 is 5.97 Å². The van der Waals surface area contributed by atoms with Crippen LogP contribution in [0.25, 0.3) is 0 Å². The maximum Gasteiger partial charge on any atom is 0.314 e. The van der Waals surface area contributed by atoms with Crippen LogP contribution in [0, 0.1) is 13.8 Å². The van der Waals surface area contributed by atoms with E-state index in [0.717, 1.165) is 16.0 Å². The van der Waals surface area contributed by atoms with Gasteiger partial charge in [0.2, 0.25) is 0 Å². The fourth-order valence-electron chi connectivity index (χ4n) is 2.70. The summed E-state index contributed by atoms with van der Waals surface area (Å²) in [6, 6.07) is 8.44. The lowest BCUT2D eigenvalue weighted by Crippen LogP contribution is -2.19. The van der Waals surface area contributed by atoms with Gasteiger partial charge in [-0.2, -0.15) is 0 Å². The molecule has 2 aromatic rings. The highest BCUT2D eigenvalue weighted by Crippen LogP contribution is 2.48. The number of nitrogens with one attached hydrogen (secondary N) is 1. The second kappa shape index (κ2) is 5.35. The van der Waals surface area contributed by atoms with Gasteiger partial charge in [-0.15, -0.1) is 11.3 Å². The minimum Gasteiger partial charge on any atom is -0.481 e. The highest BCUT2D eigenvalue weighted by atomic mass is 32.2. The molecule has 1 aromatic carbocycles. The summed E-state index contributed by atoms with van der Waals surface area (Å²) < 4.78 is 27.7. The van der Waals surface area contributed by atoms with Gasteiger partial charge in [-0.1, -0.05) is 12.1 Å². The van der Waals surface area contributed by atoms with Gasteiger partial charge in [-0.25, -0.2) is 8.42 Å². The lowest BCUT2D eigenvalue weighted by Gasteiger charge is -2.12. The Morgan fingerprint density at radius 2 is 1.83 bits per heavy atom. The summed E-state index contributed by atoms with van der Waals surface area (Å²) in [5.74, 6) is -0.824.